The van der Waals surface area contributed by atoms with Crippen molar-refractivity contribution >= 4 is 17.0 Å². The van der Waals surface area contributed by atoms with E-state index in [1.807, 2.05) is 0 Å². The van der Waals surface area contributed by atoms with Crippen LogP contribution in [0.15, 0.2) is 41.8 Å². The highest BCUT2D eigenvalue weighted by atomic mass is 32.1. The van der Waals surface area contributed by atoms with Crippen LogP contribution >= 0.6 is 11.3 Å². The molecule has 0 aliphatic carbocycles. The van der Waals surface area contributed by atoms with Crippen molar-refractivity contribution in [1.29, 1.82) is 0 Å². The van der Waals surface area contributed by atoms with Gasteiger partial charge in [-0.2, -0.15) is 0 Å². The lowest BCUT2D eigenvalue weighted by molar-refractivity contribution is 0.795. The molecule has 96 valence electrons. The summed E-state index contributed by atoms with van der Waals surface area (Å²) in [6.07, 6.45) is 3.73. The SMILES string of the molecule is CCCCc1ccc(NC(C)c2cccs2)cc1. The first-order valence-electron chi connectivity index (χ1n) is 6.68. The minimum absolute atomic E-state index is 0.381. The number of thiophene rings is 1. The molecule has 1 aromatic heterocycles. The molecule has 2 aromatic rings. The Morgan fingerprint density at radius 3 is 2.56 bits per heavy atom. The van der Waals surface area contributed by atoms with Gasteiger partial charge in [0.25, 0.3) is 0 Å². The van der Waals surface area contributed by atoms with E-state index >= 15 is 0 Å². The van der Waals surface area contributed by atoms with Crippen LogP contribution in [0.2, 0.25) is 0 Å². The Hall–Kier alpha value is -1.28. The molecule has 1 heterocycles. The van der Waals surface area contributed by atoms with Crippen molar-refractivity contribution in [3.8, 4) is 0 Å². The summed E-state index contributed by atoms with van der Waals surface area (Å²) in [7, 11) is 0. The normalized spacial score (nSPS) is 12.3. The molecule has 1 aromatic carbocycles. The third-order valence-electron chi connectivity index (χ3n) is 3.13. The molecule has 0 radical (unpaired) electrons. The quantitative estimate of drug-likeness (QED) is 0.745. The van der Waals surface area contributed by atoms with Crippen molar-refractivity contribution in [2.45, 2.75) is 39.2 Å². The maximum Gasteiger partial charge on any atom is 0.0578 e. The Morgan fingerprint density at radius 2 is 1.94 bits per heavy atom. The average Bonchev–Trinajstić information content (AvgIpc) is 2.92. The number of hydrogen-bond acceptors (Lipinski definition) is 2. The molecule has 2 heteroatoms. The zero-order valence-corrected chi connectivity index (χ0v) is 12.0. The van der Waals surface area contributed by atoms with E-state index in [1.54, 1.807) is 11.3 Å². The first-order chi connectivity index (χ1) is 8.79. The zero-order chi connectivity index (χ0) is 12.8. The fourth-order valence-corrected chi connectivity index (χ4v) is 2.74. The van der Waals surface area contributed by atoms with Crippen molar-refractivity contribution in [2.24, 2.45) is 0 Å². The van der Waals surface area contributed by atoms with Crippen LogP contribution in [-0.4, -0.2) is 0 Å². The molecule has 1 atom stereocenters. The Balaban J connectivity index is 1.93. The van der Waals surface area contributed by atoms with E-state index < -0.39 is 0 Å². The van der Waals surface area contributed by atoms with Crippen molar-refractivity contribution in [2.75, 3.05) is 5.32 Å². The molecule has 0 bridgehead atoms. The van der Waals surface area contributed by atoms with Crippen LogP contribution in [0.1, 0.15) is 43.2 Å². The minimum atomic E-state index is 0.381. The molecular formula is C16H21NS. The molecule has 0 fully saturated rings. The predicted molar refractivity (Wildman–Crippen MR) is 81.4 cm³/mol. The lowest BCUT2D eigenvalue weighted by Crippen LogP contribution is -2.04. The lowest BCUT2D eigenvalue weighted by atomic mass is 10.1. The number of anilines is 1. The average molecular weight is 259 g/mol. The van der Waals surface area contributed by atoms with Gasteiger partial charge in [-0.25, -0.2) is 0 Å². The summed E-state index contributed by atoms with van der Waals surface area (Å²) in [6.45, 7) is 4.44. The third-order valence-corrected chi connectivity index (χ3v) is 4.18. The molecule has 2 rings (SSSR count). The molecular weight excluding hydrogens is 238 g/mol. The second-order valence-electron chi connectivity index (χ2n) is 4.68. The predicted octanol–water partition coefficient (Wildman–Crippen LogP) is 5.26. The van der Waals surface area contributed by atoms with Gasteiger partial charge < -0.3 is 5.32 Å². The van der Waals surface area contributed by atoms with E-state index in [0.717, 1.165) is 0 Å². The molecule has 0 saturated heterocycles. The Labute approximate surface area is 114 Å². The van der Waals surface area contributed by atoms with Gasteiger partial charge in [-0.05, 0) is 48.9 Å². The van der Waals surface area contributed by atoms with E-state index in [1.165, 1.54) is 35.4 Å². The first-order valence-corrected chi connectivity index (χ1v) is 7.56. The Morgan fingerprint density at radius 1 is 1.17 bits per heavy atom. The van der Waals surface area contributed by atoms with Gasteiger partial charge in [-0.15, -0.1) is 11.3 Å². The molecule has 1 nitrogen and oxygen atoms in total. The topological polar surface area (TPSA) is 12.0 Å². The van der Waals surface area contributed by atoms with Gasteiger partial charge in [0.15, 0.2) is 0 Å². The fraction of sp³-hybridized carbons (Fsp3) is 0.375. The largest absolute Gasteiger partial charge is 0.378 e. The van der Waals surface area contributed by atoms with Gasteiger partial charge in [0, 0.05) is 10.6 Å². The molecule has 0 aliphatic rings. The Bertz CT molecular complexity index is 444. The highest BCUT2D eigenvalue weighted by Crippen LogP contribution is 2.23. The van der Waals surface area contributed by atoms with Gasteiger partial charge in [0.1, 0.15) is 0 Å². The van der Waals surface area contributed by atoms with Crippen molar-refractivity contribution in [1.82, 2.24) is 0 Å². The van der Waals surface area contributed by atoms with Crippen molar-refractivity contribution in [3.05, 3.63) is 52.2 Å². The smallest absolute Gasteiger partial charge is 0.0578 e. The monoisotopic (exact) mass is 259 g/mol. The second kappa shape index (κ2) is 6.60. The number of unbranched alkanes of at least 4 members (excludes halogenated alkanes) is 1. The van der Waals surface area contributed by atoms with Crippen LogP contribution in [0.25, 0.3) is 0 Å². The van der Waals surface area contributed by atoms with Gasteiger partial charge in [0.05, 0.1) is 6.04 Å². The second-order valence-corrected chi connectivity index (χ2v) is 5.66. The fourth-order valence-electron chi connectivity index (χ4n) is 2.01. The van der Waals surface area contributed by atoms with E-state index in [9.17, 15) is 0 Å². The summed E-state index contributed by atoms with van der Waals surface area (Å²) in [5, 5.41) is 5.66. The summed E-state index contributed by atoms with van der Waals surface area (Å²) in [4.78, 5) is 1.38. The first kappa shape index (κ1) is 13.2. The van der Waals surface area contributed by atoms with Gasteiger partial charge >= 0.3 is 0 Å². The van der Waals surface area contributed by atoms with Crippen LogP contribution in [0, 0.1) is 0 Å². The molecule has 18 heavy (non-hydrogen) atoms. The molecule has 1 N–H and O–H groups in total. The lowest BCUT2D eigenvalue weighted by Gasteiger charge is -2.14. The summed E-state index contributed by atoms with van der Waals surface area (Å²) < 4.78 is 0. The van der Waals surface area contributed by atoms with Crippen molar-refractivity contribution < 1.29 is 0 Å². The summed E-state index contributed by atoms with van der Waals surface area (Å²) in [6, 6.07) is 13.5. The van der Waals surface area contributed by atoms with Gasteiger partial charge in [-0.3, -0.25) is 0 Å². The van der Waals surface area contributed by atoms with Crippen LogP contribution < -0.4 is 5.32 Å². The van der Waals surface area contributed by atoms with Gasteiger partial charge in [0.2, 0.25) is 0 Å². The summed E-state index contributed by atoms with van der Waals surface area (Å²) >= 11 is 1.80. The van der Waals surface area contributed by atoms with Crippen LogP contribution in [-0.2, 0) is 6.42 Å². The van der Waals surface area contributed by atoms with E-state index in [0.29, 0.717) is 6.04 Å². The molecule has 0 aliphatic heterocycles. The number of benzene rings is 1. The maximum absolute atomic E-state index is 3.54. The number of hydrogen-bond donors (Lipinski definition) is 1. The zero-order valence-electron chi connectivity index (χ0n) is 11.1. The standard InChI is InChI=1S/C16H21NS/c1-3-4-6-14-8-10-15(11-9-14)17-13(2)16-7-5-12-18-16/h5,7-13,17H,3-4,6H2,1-2H3. The van der Waals surface area contributed by atoms with Gasteiger partial charge in [-0.1, -0.05) is 31.5 Å². The van der Waals surface area contributed by atoms with Crippen LogP contribution in [0.3, 0.4) is 0 Å². The van der Waals surface area contributed by atoms with Crippen LogP contribution in [0.5, 0.6) is 0 Å². The maximum atomic E-state index is 3.54. The van der Waals surface area contributed by atoms with Crippen LogP contribution in [0.4, 0.5) is 5.69 Å². The Kier molecular flexibility index (Phi) is 4.82. The summed E-state index contributed by atoms with van der Waals surface area (Å²) in [5.74, 6) is 0. The molecule has 0 amide bonds. The minimum Gasteiger partial charge on any atom is -0.378 e. The summed E-state index contributed by atoms with van der Waals surface area (Å²) in [5.41, 5.74) is 2.64. The molecule has 1 unspecified atom stereocenters. The van der Waals surface area contributed by atoms with E-state index in [4.69, 9.17) is 0 Å². The molecule has 0 saturated carbocycles. The number of aryl methyl sites for hydroxylation is 1. The van der Waals surface area contributed by atoms with E-state index in [2.05, 4.69) is 60.9 Å². The third kappa shape index (κ3) is 3.61. The number of rotatable bonds is 6. The van der Waals surface area contributed by atoms with Crippen molar-refractivity contribution in [3.63, 3.8) is 0 Å². The van der Waals surface area contributed by atoms with E-state index in [-0.39, 0.29) is 0 Å². The number of nitrogens with one attached hydrogen (secondary N) is 1. The highest BCUT2D eigenvalue weighted by Gasteiger charge is 2.05. The highest BCUT2D eigenvalue weighted by molar-refractivity contribution is 7.10. The molecule has 0 spiro atoms.